The van der Waals surface area contributed by atoms with E-state index in [1.807, 2.05) is 40.7 Å². The summed E-state index contributed by atoms with van der Waals surface area (Å²) in [6, 6.07) is 7.69. The molecule has 0 spiro atoms. The fourth-order valence-electron chi connectivity index (χ4n) is 4.21. The summed E-state index contributed by atoms with van der Waals surface area (Å²) in [7, 11) is 0. The number of benzene rings is 1. The highest BCUT2D eigenvalue weighted by Crippen LogP contribution is 2.23. The zero-order valence-corrected chi connectivity index (χ0v) is 17.3. The molecule has 0 radical (unpaired) electrons. The maximum absolute atomic E-state index is 13.2. The first kappa shape index (κ1) is 19.6. The van der Waals surface area contributed by atoms with Crippen LogP contribution in [0.3, 0.4) is 0 Å². The molecule has 0 aliphatic carbocycles. The van der Waals surface area contributed by atoms with Crippen LogP contribution in [-0.4, -0.2) is 63.9 Å². The molecule has 7 heteroatoms. The van der Waals surface area contributed by atoms with E-state index < -0.39 is 0 Å². The number of amides is 2. The minimum Gasteiger partial charge on any atom is -0.335 e. The molecule has 1 fully saturated rings. The Kier molecular flexibility index (Phi) is 5.67. The second-order valence-electron chi connectivity index (χ2n) is 7.89. The van der Waals surface area contributed by atoms with Crippen LogP contribution in [0.4, 0.5) is 5.69 Å². The van der Waals surface area contributed by atoms with Gasteiger partial charge in [0.1, 0.15) is 5.69 Å². The van der Waals surface area contributed by atoms with Gasteiger partial charge in [0.05, 0.1) is 5.69 Å². The largest absolute Gasteiger partial charge is 0.335 e. The summed E-state index contributed by atoms with van der Waals surface area (Å²) >= 11 is 0. The average molecular weight is 396 g/mol. The van der Waals surface area contributed by atoms with Gasteiger partial charge in [-0.2, -0.15) is 0 Å². The third-order valence-electron chi connectivity index (χ3n) is 5.91. The normalized spacial score (nSPS) is 17.1. The summed E-state index contributed by atoms with van der Waals surface area (Å²) in [4.78, 5) is 35.0. The van der Waals surface area contributed by atoms with E-state index in [1.54, 1.807) is 0 Å². The van der Waals surface area contributed by atoms with Gasteiger partial charge in [-0.25, -0.2) is 4.98 Å². The van der Waals surface area contributed by atoms with Gasteiger partial charge in [-0.15, -0.1) is 0 Å². The van der Waals surface area contributed by atoms with Crippen LogP contribution in [0.5, 0.6) is 0 Å². The number of likely N-dealkylation sites (N-methyl/N-ethyl adjacent to an activating group) is 1. The van der Waals surface area contributed by atoms with Crippen molar-refractivity contribution in [3.8, 4) is 0 Å². The standard InChI is InChI=1S/C22H29N5O2/c1-3-25-11-13-26(14-12-25)22(29)19-18-9-4-5-10-27(18)20(24-19)21(28)23-17-8-6-7-16(2)15-17/h6-8,15H,3-5,9-14H2,1-2H3,(H,23,28). The van der Waals surface area contributed by atoms with Crippen molar-refractivity contribution in [2.75, 3.05) is 38.0 Å². The SMILES string of the molecule is CCN1CCN(C(=O)c2nc(C(=O)Nc3cccc(C)c3)n3c2CCCC3)CC1. The van der Waals surface area contributed by atoms with E-state index in [9.17, 15) is 9.59 Å². The van der Waals surface area contributed by atoms with Crippen LogP contribution >= 0.6 is 0 Å². The monoisotopic (exact) mass is 395 g/mol. The van der Waals surface area contributed by atoms with E-state index in [0.717, 1.165) is 62.4 Å². The van der Waals surface area contributed by atoms with Gasteiger partial charge in [-0.05, 0) is 50.4 Å². The number of aryl methyl sites for hydroxylation is 1. The minimum atomic E-state index is -0.256. The van der Waals surface area contributed by atoms with Crippen LogP contribution < -0.4 is 5.32 Å². The number of nitrogens with zero attached hydrogens (tertiary/aromatic N) is 4. The fourth-order valence-corrected chi connectivity index (χ4v) is 4.21. The van der Waals surface area contributed by atoms with E-state index in [2.05, 4.69) is 22.1 Å². The summed E-state index contributed by atoms with van der Waals surface area (Å²) in [5, 5.41) is 2.94. The van der Waals surface area contributed by atoms with Gasteiger partial charge in [0, 0.05) is 38.4 Å². The van der Waals surface area contributed by atoms with E-state index in [-0.39, 0.29) is 11.8 Å². The van der Waals surface area contributed by atoms with Crippen molar-refractivity contribution in [2.24, 2.45) is 0 Å². The van der Waals surface area contributed by atoms with Crippen molar-refractivity contribution in [2.45, 2.75) is 39.7 Å². The maximum Gasteiger partial charge on any atom is 0.291 e. The number of piperazine rings is 1. The Balaban J connectivity index is 1.58. The van der Waals surface area contributed by atoms with E-state index in [4.69, 9.17) is 0 Å². The van der Waals surface area contributed by atoms with E-state index in [1.165, 1.54) is 0 Å². The second kappa shape index (κ2) is 8.37. The molecule has 3 heterocycles. The number of nitrogens with one attached hydrogen (secondary N) is 1. The molecule has 7 nitrogen and oxygen atoms in total. The first-order valence-corrected chi connectivity index (χ1v) is 10.6. The predicted molar refractivity (Wildman–Crippen MR) is 112 cm³/mol. The van der Waals surface area contributed by atoms with Gasteiger partial charge < -0.3 is 19.7 Å². The lowest BCUT2D eigenvalue weighted by Crippen LogP contribution is -2.48. The highest BCUT2D eigenvalue weighted by atomic mass is 16.2. The van der Waals surface area contributed by atoms with Crippen molar-refractivity contribution in [3.05, 3.63) is 47.0 Å². The first-order valence-electron chi connectivity index (χ1n) is 10.6. The number of hydrogen-bond donors (Lipinski definition) is 1. The molecule has 2 amide bonds. The summed E-state index contributed by atoms with van der Waals surface area (Å²) in [6.45, 7) is 9.07. The molecule has 2 aliphatic rings. The molecule has 0 saturated carbocycles. The Hall–Kier alpha value is -2.67. The number of fused-ring (bicyclic) bond motifs is 1. The van der Waals surface area contributed by atoms with Crippen molar-refractivity contribution in [3.63, 3.8) is 0 Å². The molecule has 1 saturated heterocycles. The molecule has 154 valence electrons. The number of carbonyl (C=O) groups excluding carboxylic acids is 2. The van der Waals surface area contributed by atoms with Crippen LogP contribution in [-0.2, 0) is 13.0 Å². The Bertz CT molecular complexity index is 912. The Morgan fingerprint density at radius 3 is 2.62 bits per heavy atom. The average Bonchev–Trinajstić information content (AvgIpc) is 3.13. The molecule has 0 atom stereocenters. The maximum atomic E-state index is 13.2. The number of imidazole rings is 1. The lowest BCUT2D eigenvalue weighted by atomic mass is 10.1. The van der Waals surface area contributed by atoms with Crippen molar-refractivity contribution in [1.82, 2.24) is 19.4 Å². The summed E-state index contributed by atoms with van der Waals surface area (Å²) in [6.07, 6.45) is 2.81. The summed E-state index contributed by atoms with van der Waals surface area (Å²) in [5.74, 6) is 0.0476. The molecular formula is C22H29N5O2. The third-order valence-corrected chi connectivity index (χ3v) is 5.91. The van der Waals surface area contributed by atoms with E-state index >= 15 is 0 Å². The van der Waals surface area contributed by atoms with Gasteiger partial charge in [0.15, 0.2) is 5.82 Å². The van der Waals surface area contributed by atoms with Gasteiger partial charge in [-0.1, -0.05) is 19.1 Å². The molecule has 29 heavy (non-hydrogen) atoms. The molecule has 2 aliphatic heterocycles. The lowest BCUT2D eigenvalue weighted by Gasteiger charge is -2.33. The Labute approximate surface area is 171 Å². The smallest absolute Gasteiger partial charge is 0.291 e. The van der Waals surface area contributed by atoms with Gasteiger partial charge in [0.2, 0.25) is 0 Å². The Morgan fingerprint density at radius 1 is 1.10 bits per heavy atom. The number of hydrogen-bond acceptors (Lipinski definition) is 4. The minimum absolute atomic E-state index is 0.0407. The van der Waals surface area contributed by atoms with Crippen molar-refractivity contribution in [1.29, 1.82) is 0 Å². The van der Waals surface area contributed by atoms with Crippen LogP contribution in [0.2, 0.25) is 0 Å². The Morgan fingerprint density at radius 2 is 1.90 bits per heavy atom. The predicted octanol–water partition coefficient (Wildman–Crippen LogP) is 2.56. The zero-order chi connectivity index (χ0) is 20.4. The summed E-state index contributed by atoms with van der Waals surface area (Å²) < 4.78 is 1.95. The number of anilines is 1. The van der Waals surface area contributed by atoms with Crippen LogP contribution in [0.25, 0.3) is 0 Å². The highest BCUT2D eigenvalue weighted by molar-refractivity contribution is 6.03. The third kappa shape index (κ3) is 4.05. The zero-order valence-electron chi connectivity index (χ0n) is 17.3. The number of carbonyl (C=O) groups is 2. The topological polar surface area (TPSA) is 70.5 Å². The molecule has 0 bridgehead atoms. The van der Waals surface area contributed by atoms with Crippen LogP contribution in [0, 0.1) is 6.92 Å². The van der Waals surface area contributed by atoms with Crippen LogP contribution in [0.1, 0.15) is 52.1 Å². The second-order valence-corrected chi connectivity index (χ2v) is 7.89. The van der Waals surface area contributed by atoms with Crippen molar-refractivity contribution >= 4 is 17.5 Å². The number of rotatable bonds is 4. The van der Waals surface area contributed by atoms with Crippen molar-refractivity contribution < 1.29 is 9.59 Å². The molecule has 1 aromatic carbocycles. The fraction of sp³-hybridized carbons (Fsp3) is 0.500. The van der Waals surface area contributed by atoms with E-state index in [0.29, 0.717) is 24.6 Å². The molecule has 4 rings (SSSR count). The van der Waals surface area contributed by atoms with Crippen LogP contribution in [0.15, 0.2) is 24.3 Å². The highest BCUT2D eigenvalue weighted by Gasteiger charge is 2.31. The molecule has 1 aromatic heterocycles. The molecule has 2 aromatic rings. The van der Waals surface area contributed by atoms with Gasteiger partial charge >= 0.3 is 0 Å². The van der Waals surface area contributed by atoms with Gasteiger partial charge in [-0.3, -0.25) is 9.59 Å². The molecular weight excluding hydrogens is 366 g/mol. The van der Waals surface area contributed by atoms with Gasteiger partial charge in [0.25, 0.3) is 11.8 Å². The quantitative estimate of drug-likeness (QED) is 0.864. The first-order chi connectivity index (χ1) is 14.1. The molecule has 1 N–H and O–H groups in total. The molecule has 0 unspecified atom stereocenters. The summed E-state index contributed by atoms with van der Waals surface area (Å²) in [5.41, 5.74) is 3.19. The number of aromatic nitrogens is 2. The lowest BCUT2D eigenvalue weighted by molar-refractivity contribution is 0.0636.